The fraction of sp³-hybridized carbons (Fsp3) is 0.300. The molecule has 4 aromatic carbocycles. The highest BCUT2D eigenvalue weighted by Crippen LogP contribution is 2.39. The van der Waals surface area contributed by atoms with E-state index in [1.54, 1.807) is 36.4 Å². The third kappa shape index (κ3) is 6.57. The van der Waals surface area contributed by atoms with Crippen molar-refractivity contribution in [1.29, 1.82) is 0 Å². The van der Waals surface area contributed by atoms with E-state index in [1.165, 1.54) is 21.9 Å². The fourth-order valence-corrected chi connectivity index (χ4v) is 7.03. The molecule has 2 aliphatic heterocycles. The van der Waals surface area contributed by atoms with Gasteiger partial charge in [0, 0.05) is 30.4 Å². The number of benzene rings is 4. The summed E-state index contributed by atoms with van der Waals surface area (Å²) >= 11 is 0. The second-order valence-corrected chi connectivity index (χ2v) is 13.5. The van der Waals surface area contributed by atoms with Crippen molar-refractivity contribution in [3.05, 3.63) is 114 Å². The van der Waals surface area contributed by atoms with Crippen LogP contribution in [0.15, 0.2) is 97.1 Å². The number of hydrogen-bond acceptors (Lipinski definition) is 5. The highest BCUT2D eigenvalue weighted by Gasteiger charge is 2.45. The van der Waals surface area contributed by atoms with Crippen molar-refractivity contribution in [1.82, 2.24) is 19.4 Å². The highest BCUT2D eigenvalue weighted by molar-refractivity contribution is 6.12. The minimum absolute atomic E-state index is 0.0804. The van der Waals surface area contributed by atoms with Crippen LogP contribution >= 0.6 is 0 Å². The van der Waals surface area contributed by atoms with Gasteiger partial charge in [0.05, 0.1) is 11.0 Å². The Morgan fingerprint density at radius 1 is 0.880 bits per heavy atom. The lowest BCUT2D eigenvalue weighted by Gasteiger charge is -2.36. The number of likely N-dealkylation sites (tertiary alicyclic amines) is 1. The van der Waals surface area contributed by atoms with Gasteiger partial charge in [0.1, 0.15) is 35.7 Å². The topological polar surface area (TPSA) is 88.0 Å². The van der Waals surface area contributed by atoms with Crippen LogP contribution in [0.1, 0.15) is 50.5 Å². The molecule has 0 unspecified atom stereocenters. The summed E-state index contributed by atoms with van der Waals surface area (Å²) in [6.07, 6.45) is 1.96. The number of rotatable bonds is 9. The maximum Gasteiger partial charge on any atom is 0.332 e. The standard InChI is InChI=1S/C40H40FN5O4/c1-26(2)39(48)43-21-19-28(20-22-43)24-36(38-42-34-18-9-27(3)23-35(34)45(38)31-12-10-29(41)11-13-31)46-37(47)25-44(40(46)49)30-14-16-33(17-15-30)50-32-7-5-4-6-8-32/h4-18,23,26,28,36H,19-22,24-25H2,1-3H3/t36-/m0/s1. The van der Waals surface area contributed by atoms with E-state index < -0.39 is 12.1 Å². The Kier molecular flexibility index (Phi) is 9.10. The smallest absolute Gasteiger partial charge is 0.332 e. The molecule has 9 nitrogen and oxygen atoms in total. The first-order valence-electron chi connectivity index (χ1n) is 17.2. The molecule has 0 N–H and O–H groups in total. The first kappa shape index (κ1) is 33.0. The Morgan fingerprint density at radius 2 is 1.54 bits per heavy atom. The highest BCUT2D eigenvalue weighted by atomic mass is 19.1. The van der Waals surface area contributed by atoms with Gasteiger partial charge in [-0.1, -0.05) is 38.1 Å². The average Bonchev–Trinajstić information content (AvgIpc) is 3.64. The lowest BCUT2D eigenvalue weighted by molar-refractivity contribution is -0.135. The van der Waals surface area contributed by atoms with Crippen LogP contribution in [0.25, 0.3) is 16.7 Å². The summed E-state index contributed by atoms with van der Waals surface area (Å²) in [4.78, 5) is 51.0. The van der Waals surface area contributed by atoms with Crippen molar-refractivity contribution in [2.75, 3.05) is 24.5 Å². The van der Waals surface area contributed by atoms with E-state index in [0.29, 0.717) is 53.7 Å². The summed E-state index contributed by atoms with van der Waals surface area (Å²) in [5.74, 6) is 1.33. The van der Waals surface area contributed by atoms with Crippen molar-refractivity contribution in [2.24, 2.45) is 11.8 Å². The number of hydrogen-bond donors (Lipinski definition) is 0. The van der Waals surface area contributed by atoms with Crippen LogP contribution in [0, 0.1) is 24.6 Å². The summed E-state index contributed by atoms with van der Waals surface area (Å²) in [5, 5.41) is 0. The number of aryl methyl sites for hydroxylation is 1. The number of carbonyl (C=O) groups is 3. The molecule has 0 radical (unpaired) electrons. The van der Waals surface area contributed by atoms with Crippen molar-refractivity contribution in [3.8, 4) is 17.2 Å². The molecule has 0 spiro atoms. The third-order valence-electron chi connectivity index (χ3n) is 9.63. The molecule has 256 valence electrons. The van der Waals surface area contributed by atoms with Crippen LogP contribution in [-0.2, 0) is 9.59 Å². The molecule has 2 fully saturated rings. The van der Waals surface area contributed by atoms with Gasteiger partial charge in [0.15, 0.2) is 0 Å². The zero-order valence-electron chi connectivity index (χ0n) is 28.5. The lowest BCUT2D eigenvalue weighted by Crippen LogP contribution is -2.42. The molecule has 0 saturated carbocycles. The quantitative estimate of drug-likeness (QED) is 0.148. The van der Waals surface area contributed by atoms with Crippen molar-refractivity contribution in [3.63, 3.8) is 0 Å². The SMILES string of the molecule is Cc1ccc2nc([C@H](CC3CCN(C(=O)C(C)C)CC3)N3C(=O)CN(c4ccc(Oc5ccccc5)cc4)C3=O)n(-c3ccc(F)cc3)c2c1. The lowest BCUT2D eigenvalue weighted by atomic mass is 9.89. The Hall–Kier alpha value is -5.51. The first-order chi connectivity index (χ1) is 24.2. The molecule has 0 aliphatic carbocycles. The number of piperidine rings is 1. The van der Waals surface area contributed by atoms with E-state index in [4.69, 9.17) is 9.72 Å². The van der Waals surface area contributed by atoms with Gasteiger partial charge < -0.3 is 9.64 Å². The summed E-state index contributed by atoms with van der Waals surface area (Å²) in [6, 6.07) is 27.5. The number of anilines is 1. The summed E-state index contributed by atoms with van der Waals surface area (Å²) in [5.41, 5.74) is 3.79. The molecule has 50 heavy (non-hydrogen) atoms. The zero-order chi connectivity index (χ0) is 34.9. The molecule has 5 aromatic rings. The van der Waals surface area contributed by atoms with E-state index >= 15 is 0 Å². The number of para-hydroxylation sites is 1. The van der Waals surface area contributed by atoms with E-state index in [9.17, 15) is 18.8 Å². The number of imide groups is 1. The number of fused-ring (bicyclic) bond motifs is 1. The molecule has 2 aliphatic rings. The van der Waals surface area contributed by atoms with Gasteiger partial charge in [-0.05, 0) is 110 Å². The summed E-state index contributed by atoms with van der Waals surface area (Å²) in [6.45, 7) is 6.93. The molecule has 3 heterocycles. The predicted octanol–water partition coefficient (Wildman–Crippen LogP) is 8.06. The zero-order valence-corrected chi connectivity index (χ0v) is 28.5. The van der Waals surface area contributed by atoms with E-state index in [-0.39, 0.29) is 36.0 Å². The van der Waals surface area contributed by atoms with Crippen LogP contribution in [0.4, 0.5) is 14.9 Å². The van der Waals surface area contributed by atoms with Crippen molar-refractivity contribution in [2.45, 2.75) is 46.1 Å². The normalized spacial score (nSPS) is 16.1. The van der Waals surface area contributed by atoms with E-state index in [1.807, 2.05) is 78.8 Å². The molecular formula is C40H40FN5O4. The number of halogens is 1. The molecule has 4 amide bonds. The largest absolute Gasteiger partial charge is 0.457 e. The van der Waals surface area contributed by atoms with Crippen LogP contribution < -0.4 is 9.64 Å². The van der Waals surface area contributed by atoms with Gasteiger partial charge in [0.25, 0.3) is 5.91 Å². The maximum atomic E-state index is 14.4. The van der Waals surface area contributed by atoms with E-state index in [2.05, 4.69) is 0 Å². The van der Waals surface area contributed by atoms with Gasteiger partial charge in [-0.25, -0.2) is 14.2 Å². The van der Waals surface area contributed by atoms with Crippen LogP contribution in [0.2, 0.25) is 0 Å². The number of imidazole rings is 1. The first-order valence-corrected chi connectivity index (χ1v) is 17.2. The number of ether oxygens (including phenoxy) is 1. The molecule has 10 heteroatoms. The molecular weight excluding hydrogens is 633 g/mol. The molecule has 7 rings (SSSR count). The van der Waals surface area contributed by atoms with Gasteiger partial charge in [-0.15, -0.1) is 0 Å². The van der Waals surface area contributed by atoms with Gasteiger partial charge in [0.2, 0.25) is 5.91 Å². The fourth-order valence-electron chi connectivity index (χ4n) is 7.03. The monoisotopic (exact) mass is 673 g/mol. The molecule has 2 saturated heterocycles. The predicted molar refractivity (Wildman–Crippen MR) is 190 cm³/mol. The summed E-state index contributed by atoms with van der Waals surface area (Å²) in [7, 11) is 0. The minimum Gasteiger partial charge on any atom is -0.457 e. The van der Waals surface area contributed by atoms with Crippen LogP contribution in [0.5, 0.6) is 11.5 Å². The minimum atomic E-state index is -0.712. The van der Waals surface area contributed by atoms with Crippen LogP contribution in [-0.4, -0.2) is 56.8 Å². The van der Waals surface area contributed by atoms with Crippen molar-refractivity contribution >= 4 is 34.6 Å². The van der Waals surface area contributed by atoms with Crippen LogP contribution in [0.3, 0.4) is 0 Å². The Balaban J connectivity index is 1.25. The number of carbonyl (C=O) groups excluding carboxylic acids is 3. The molecule has 0 bridgehead atoms. The summed E-state index contributed by atoms with van der Waals surface area (Å²) < 4.78 is 22.0. The van der Waals surface area contributed by atoms with Gasteiger partial charge in [-0.2, -0.15) is 0 Å². The second-order valence-electron chi connectivity index (χ2n) is 13.5. The Morgan fingerprint density at radius 3 is 2.22 bits per heavy atom. The van der Waals surface area contributed by atoms with Gasteiger partial charge >= 0.3 is 6.03 Å². The maximum absolute atomic E-state index is 14.4. The Labute approximate surface area is 290 Å². The molecule has 1 atom stereocenters. The number of nitrogens with zero attached hydrogens (tertiary/aromatic N) is 5. The average molecular weight is 674 g/mol. The van der Waals surface area contributed by atoms with Crippen molar-refractivity contribution < 1.29 is 23.5 Å². The molecule has 1 aromatic heterocycles. The third-order valence-corrected chi connectivity index (χ3v) is 9.63. The number of aromatic nitrogens is 2. The van der Waals surface area contributed by atoms with Gasteiger partial charge in [-0.3, -0.25) is 24.0 Å². The second kappa shape index (κ2) is 13.8. The number of amides is 4. The number of urea groups is 1. The van der Waals surface area contributed by atoms with E-state index in [0.717, 1.165) is 23.9 Å². The Bertz CT molecular complexity index is 2020.